The van der Waals surface area contributed by atoms with Crippen LogP contribution < -0.4 is 5.56 Å². The number of aromatic nitrogens is 3. The van der Waals surface area contributed by atoms with Gasteiger partial charge in [-0.25, -0.2) is 9.37 Å². The summed E-state index contributed by atoms with van der Waals surface area (Å²) in [5.41, 5.74) is 1.22. The molecule has 1 aliphatic heterocycles. The van der Waals surface area contributed by atoms with Gasteiger partial charge in [0.1, 0.15) is 11.6 Å². The molecule has 0 spiro atoms. The number of aromatic amines is 1. The minimum atomic E-state index is -0.317. The summed E-state index contributed by atoms with van der Waals surface area (Å²) in [5.74, 6) is 0.380. The largest absolute Gasteiger partial charge is 0.340 e. The lowest BCUT2D eigenvalue weighted by molar-refractivity contribution is -0.135. The Morgan fingerprint density at radius 3 is 3.00 bits per heavy atom. The summed E-state index contributed by atoms with van der Waals surface area (Å²) in [4.78, 5) is 34.2. The number of fused-ring (bicyclic) bond motifs is 1. The van der Waals surface area contributed by atoms with Gasteiger partial charge in [0.15, 0.2) is 0 Å². The molecule has 0 unspecified atom stereocenters. The molecule has 140 valence electrons. The molecule has 0 aliphatic carbocycles. The summed E-state index contributed by atoms with van der Waals surface area (Å²) in [6.45, 7) is 1.02. The summed E-state index contributed by atoms with van der Waals surface area (Å²) >= 11 is 0. The molecule has 3 aromatic rings. The number of imidazole rings is 1. The number of nitrogens with zero attached hydrogens (tertiary/aromatic N) is 3. The first-order valence-electron chi connectivity index (χ1n) is 9.22. The van der Waals surface area contributed by atoms with Crippen LogP contribution in [0.25, 0.3) is 11.0 Å². The lowest BCUT2D eigenvalue weighted by atomic mass is 10.0. The molecule has 4 rings (SSSR count). The van der Waals surface area contributed by atoms with E-state index < -0.39 is 0 Å². The molecule has 0 saturated carbocycles. The minimum Gasteiger partial charge on any atom is -0.340 e. The van der Waals surface area contributed by atoms with E-state index in [-0.39, 0.29) is 29.7 Å². The number of benzene rings is 1. The molecular formula is C20H21FN4O2. The van der Waals surface area contributed by atoms with Gasteiger partial charge in [-0.1, -0.05) is 6.07 Å². The number of pyridine rings is 1. The van der Waals surface area contributed by atoms with Crippen LogP contribution >= 0.6 is 0 Å². The van der Waals surface area contributed by atoms with Crippen molar-refractivity contribution < 1.29 is 9.18 Å². The lowest BCUT2D eigenvalue weighted by Crippen LogP contribution is -2.39. The van der Waals surface area contributed by atoms with Crippen molar-refractivity contribution in [2.45, 2.75) is 38.3 Å². The van der Waals surface area contributed by atoms with Gasteiger partial charge >= 0.3 is 0 Å². The quantitative estimate of drug-likeness (QED) is 0.770. The van der Waals surface area contributed by atoms with Crippen LogP contribution in [0.4, 0.5) is 4.39 Å². The lowest BCUT2D eigenvalue weighted by Gasteiger charge is -2.34. The van der Waals surface area contributed by atoms with E-state index in [9.17, 15) is 14.0 Å². The SMILES string of the molecule is O=C(CCn1ccccc1=O)N1CCCC[C@H]1c1nc2ccc(F)cc2[nH]1. The summed E-state index contributed by atoms with van der Waals surface area (Å²) in [6.07, 6.45) is 4.73. The minimum absolute atomic E-state index is 0.00193. The zero-order chi connectivity index (χ0) is 18.8. The molecule has 1 aromatic carbocycles. The monoisotopic (exact) mass is 368 g/mol. The van der Waals surface area contributed by atoms with E-state index in [4.69, 9.17) is 0 Å². The fraction of sp³-hybridized carbons (Fsp3) is 0.350. The number of H-pyrrole nitrogens is 1. The fourth-order valence-electron chi connectivity index (χ4n) is 3.68. The maximum atomic E-state index is 13.4. The number of rotatable bonds is 4. The number of halogens is 1. The first kappa shape index (κ1) is 17.5. The van der Waals surface area contributed by atoms with Gasteiger partial charge < -0.3 is 14.5 Å². The number of amides is 1. The zero-order valence-electron chi connectivity index (χ0n) is 14.9. The normalized spacial score (nSPS) is 17.4. The molecule has 6 nitrogen and oxygen atoms in total. The highest BCUT2D eigenvalue weighted by atomic mass is 19.1. The Hall–Kier alpha value is -2.96. The number of hydrogen-bond donors (Lipinski definition) is 1. The molecule has 1 amide bonds. The number of likely N-dealkylation sites (tertiary alicyclic amines) is 1. The van der Waals surface area contributed by atoms with E-state index in [0.717, 1.165) is 19.3 Å². The van der Waals surface area contributed by atoms with Gasteiger partial charge in [-0.15, -0.1) is 0 Å². The maximum absolute atomic E-state index is 13.4. The molecule has 1 aliphatic rings. The highest BCUT2D eigenvalue weighted by Gasteiger charge is 2.30. The van der Waals surface area contributed by atoms with Crippen molar-refractivity contribution in [1.29, 1.82) is 0 Å². The molecule has 7 heteroatoms. The van der Waals surface area contributed by atoms with Gasteiger partial charge in [0.2, 0.25) is 5.91 Å². The molecule has 1 N–H and O–H groups in total. The van der Waals surface area contributed by atoms with Gasteiger partial charge in [-0.05, 0) is 43.5 Å². The summed E-state index contributed by atoms with van der Waals surface area (Å²) in [5, 5.41) is 0. The fourth-order valence-corrected chi connectivity index (χ4v) is 3.68. The molecular weight excluding hydrogens is 347 g/mol. The Morgan fingerprint density at radius 2 is 2.15 bits per heavy atom. The Bertz CT molecular complexity index is 1030. The molecule has 0 radical (unpaired) electrons. The number of carbonyl (C=O) groups is 1. The van der Waals surface area contributed by atoms with E-state index in [0.29, 0.717) is 29.9 Å². The van der Waals surface area contributed by atoms with E-state index in [1.54, 1.807) is 29.0 Å². The number of nitrogens with one attached hydrogen (secondary N) is 1. The molecule has 2 aromatic heterocycles. The second-order valence-electron chi connectivity index (χ2n) is 6.86. The second-order valence-corrected chi connectivity index (χ2v) is 6.86. The van der Waals surface area contributed by atoms with E-state index in [2.05, 4.69) is 9.97 Å². The Morgan fingerprint density at radius 1 is 1.26 bits per heavy atom. The number of aryl methyl sites for hydroxylation is 1. The van der Waals surface area contributed by atoms with Crippen LogP contribution in [0.15, 0.2) is 47.4 Å². The van der Waals surface area contributed by atoms with Gasteiger partial charge in [0, 0.05) is 31.8 Å². The number of piperidine rings is 1. The first-order chi connectivity index (χ1) is 13.1. The van der Waals surface area contributed by atoms with Gasteiger partial charge in [0.05, 0.1) is 17.1 Å². The predicted octanol–water partition coefficient (Wildman–Crippen LogP) is 3.01. The van der Waals surface area contributed by atoms with Crippen molar-refractivity contribution in [3.05, 3.63) is 64.6 Å². The third kappa shape index (κ3) is 3.63. The average Bonchev–Trinajstić information content (AvgIpc) is 3.10. The van der Waals surface area contributed by atoms with Crippen LogP contribution in [0.3, 0.4) is 0 Å². The van der Waals surface area contributed by atoms with Crippen LogP contribution in [-0.4, -0.2) is 31.9 Å². The molecule has 1 fully saturated rings. The molecule has 0 bridgehead atoms. The van der Waals surface area contributed by atoms with Crippen LogP contribution in [0, 0.1) is 5.82 Å². The van der Waals surface area contributed by atoms with Crippen molar-refractivity contribution in [3.8, 4) is 0 Å². The van der Waals surface area contributed by atoms with Crippen molar-refractivity contribution in [2.75, 3.05) is 6.54 Å². The predicted molar refractivity (Wildman–Crippen MR) is 99.7 cm³/mol. The van der Waals surface area contributed by atoms with Crippen molar-refractivity contribution in [2.24, 2.45) is 0 Å². The Balaban J connectivity index is 1.53. The topological polar surface area (TPSA) is 71.0 Å². The first-order valence-corrected chi connectivity index (χ1v) is 9.22. The van der Waals surface area contributed by atoms with E-state index in [1.165, 1.54) is 18.2 Å². The third-order valence-corrected chi connectivity index (χ3v) is 5.07. The Kier molecular flexibility index (Phi) is 4.75. The van der Waals surface area contributed by atoms with Crippen LogP contribution in [0.5, 0.6) is 0 Å². The van der Waals surface area contributed by atoms with Crippen molar-refractivity contribution in [3.63, 3.8) is 0 Å². The van der Waals surface area contributed by atoms with Gasteiger partial charge in [-0.3, -0.25) is 9.59 Å². The standard InChI is InChI=1S/C20H21FN4O2/c21-14-7-8-15-16(13-14)23-20(22-15)17-5-1-4-11-25(17)19(27)9-12-24-10-3-2-6-18(24)26/h2-3,6-8,10,13,17H,1,4-5,9,11-12H2,(H,22,23)/t17-/m0/s1. The second kappa shape index (κ2) is 7.34. The summed E-state index contributed by atoms with van der Waals surface area (Å²) in [6, 6.07) is 9.25. The van der Waals surface area contributed by atoms with Gasteiger partial charge in [0.25, 0.3) is 5.56 Å². The van der Waals surface area contributed by atoms with E-state index >= 15 is 0 Å². The van der Waals surface area contributed by atoms with Gasteiger partial charge in [-0.2, -0.15) is 0 Å². The summed E-state index contributed by atoms with van der Waals surface area (Å²) < 4.78 is 15.0. The maximum Gasteiger partial charge on any atom is 0.250 e. The van der Waals surface area contributed by atoms with Crippen LogP contribution in [0.2, 0.25) is 0 Å². The molecule has 27 heavy (non-hydrogen) atoms. The molecule has 3 heterocycles. The summed E-state index contributed by atoms with van der Waals surface area (Å²) in [7, 11) is 0. The third-order valence-electron chi connectivity index (χ3n) is 5.07. The number of carbonyl (C=O) groups excluding carboxylic acids is 1. The zero-order valence-corrected chi connectivity index (χ0v) is 14.9. The van der Waals surface area contributed by atoms with E-state index in [1.807, 2.05) is 4.90 Å². The van der Waals surface area contributed by atoms with Crippen LogP contribution in [0.1, 0.15) is 37.5 Å². The smallest absolute Gasteiger partial charge is 0.250 e. The Labute approximate surface area is 155 Å². The molecule has 1 saturated heterocycles. The highest BCUT2D eigenvalue weighted by molar-refractivity contribution is 5.78. The highest BCUT2D eigenvalue weighted by Crippen LogP contribution is 2.31. The van der Waals surface area contributed by atoms with Crippen molar-refractivity contribution in [1.82, 2.24) is 19.4 Å². The van der Waals surface area contributed by atoms with Crippen molar-refractivity contribution >= 4 is 16.9 Å². The molecule has 1 atom stereocenters. The number of hydrogen-bond acceptors (Lipinski definition) is 3. The average molecular weight is 368 g/mol. The van der Waals surface area contributed by atoms with Crippen LogP contribution in [-0.2, 0) is 11.3 Å².